The Morgan fingerprint density at radius 2 is 1.52 bits per heavy atom. The van der Waals surface area contributed by atoms with Gasteiger partial charge in [0.1, 0.15) is 17.5 Å². The summed E-state index contributed by atoms with van der Waals surface area (Å²) in [5, 5.41) is 0. The lowest BCUT2D eigenvalue weighted by Crippen LogP contribution is -2.13. The van der Waals surface area contributed by atoms with Crippen LogP contribution in [0.3, 0.4) is 0 Å². The Bertz CT molecular complexity index is 698. The van der Waals surface area contributed by atoms with Crippen LogP contribution >= 0.6 is 0 Å². The number of rotatable bonds is 5. The summed E-state index contributed by atoms with van der Waals surface area (Å²) in [6.45, 7) is -0.257. The molecule has 0 unspecified atom stereocenters. The lowest BCUT2D eigenvalue weighted by molar-refractivity contribution is 0.293. The summed E-state index contributed by atoms with van der Waals surface area (Å²) in [6, 6.07) is 8.00. The largest absolute Gasteiger partial charge is 0.251 e. The van der Waals surface area contributed by atoms with Crippen LogP contribution in [0.1, 0.15) is 50.0 Å². The summed E-state index contributed by atoms with van der Waals surface area (Å²) in [5.41, 5.74) is 1.34. The minimum absolute atomic E-state index is 0.205. The van der Waals surface area contributed by atoms with Crippen LogP contribution in [0.15, 0.2) is 36.4 Å². The van der Waals surface area contributed by atoms with Crippen LogP contribution in [-0.4, -0.2) is 6.67 Å². The molecule has 2 aromatic rings. The first-order valence-corrected chi connectivity index (χ1v) is 8.88. The Kier molecular flexibility index (Phi) is 5.77. The summed E-state index contributed by atoms with van der Waals surface area (Å²) >= 11 is 0. The smallest absolute Gasteiger partial charge is 0.131 e. The van der Waals surface area contributed by atoms with Gasteiger partial charge in [-0.2, -0.15) is 0 Å². The highest BCUT2D eigenvalue weighted by atomic mass is 19.1. The molecule has 25 heavy (non-hydrogen) atoms. The van der Waals surface area contributed by atoms with Gasteiger partial charge >= 0.3 is 0 Å². The number of benzene rings is 2. The van der Waals surface area contributed by atoms with Gasteiger partial charge in [-0.1, -0.05) is 12.1 Å². The van der Waals surface area contributed by atoms with Gasteiger partial charge in [-0.05, 0) is 79.7 Å². The van der Waals surface area contributed by atoms with E-state index in [9.17, 15) is 17.6 Å². The fourth-order valence-corrected chi connectivity index (χ4v) is 3.88. The summed E-state index contributed by atoms with van der Waals surface area (Å²) in [5.74, 6) is -1.02. The number of hydrogen-bond donors (Lipinski definition) is 0. The predicted molar refractivity (Wildman–Crippen MR) is 91.7 cm³/mol. The van der Waals surface area contributed by atoms with Gasteiger partial charge in [0.25, 0.3) is 0 Å². The zero-order valence-corrected chi connectivity index (χ0v) is 14.1. The van der Waals surface area contributed by atoms with Gasteiger partial charge in [-0.15, -0.1) is 0 Å². The minimum Gasteiger partial charge on any atom is -0.251 e. The monoisotopic (exact) mass is 350 g/mol. The van der Waals surface area contributed by atoms with Crippen LogP contribution in [0.25, 0.3) is 11.1 Å². The molecule has 0 heterocycles. The molecule has 0 atom stereocenters. The number of hydrogen-bond acceptors (Lipinski definition) is 0. The maximum absolute atomic E-state index is 14.5. The standard InChI is InChI=1S/C21H22F4/c22-9-1-2-14-3-5-15(6-4-14)16-7-8-20(21(25)12-16)17-10-18(23)13-19(24)11-17/h7-8,10-15H,1-6,9H2. The molecule has 0 aromatic heterocycles. The highest BCUT2D eigenvalue weighted by Crippen LogP contribution is 2.38. The van der Waals surface area contributed by atoms with Crippen molar-refractivity contribution >= 4 is 0 Å². The average molecular weight is 350 g/mol. The first-order chi connectivity index (χ1) is 12.1. The van der Waals surface area contributed by atoms with Crippen molar-refractivity contribution in [3.05, 3.63) is 59.4 Å². The highest BCUT2D eigenvalue weighted by Gasteiger charge is 2.23. The summed E-state index contributed by atoms with van der Waals surface area (Å²) in [7, 11) is 0. The lowest BCUT2D eigenvalue weighted by atomic mass is 9.77. The van der Waals surface area contributed by atoms with Crippen molar-refractivity contribution < 1.29 is 17.6 Å². The first-order valence-electron chi connectivity index (χ1n) is 8.88. The zero-order chi connectivity index (χ0) is 17.8. The molecular formula is C21H22F4. The molecule has 0 aliphatic heterocycles. The van der Waals surface area contributed by atoms with Crippen LogP contribution in [0.2, 0.25) is 0 Å². The molecule has 0 N–H and O–H groups in total. The third kappa shape index (κ3) is 4.42. The fraction of sp³-hybridized carbons (Fsp3) is 0.429. The molecule has 1 fully saturated rings. The maximum Gasteiger partial charge on any atom is 0.131 e. The molecule has 4 heteroatoms. The van der Waals surface area contributed by atoms with Gasteiger partial charge < -0.3 is 0 Å². The molecule has 134 valence electrons. The predicted octanol–water partition coefficient (Wildman–Crippen LogP) is 6.79. The van der Waals surface area contributed by atoms with Crippen molar-refractivity contribution in [2.75, 3.05) is 6.67 Å². The third-order valence-corrected chi connectivity index (χ3v) is 5.23. The van der Waals surface area contributed by atoms with E-state index in [0.717, 1.165) is 55.9 Å². The number of halogens is 4. The van der Waals surface area contributed by atoms with E-state index in [2.05, 4.69) is 0 Å². The van der Waals surface area contributed by atoms with Crippen LogP contribution in [0.4, 0.5) is 17.6 Å². The zero-order valence-electron chi connectivity index (χ0n) is 14.1. The van der Waals surface area contributed by atoms with E-state index >= 15 is 0 Å². The van der Waals surface area contributed by atoms with Gasteiger partial charge in [0.2, 0.25) is 0 Å². The molecule has 0 amide bonds. The molecule has 1 saturated carbocycles. The van der Waals surface area contributed by atoms with Gasteiger partial charge in [-0.25, -0.2) is 13.2 Å². The van der Waals surface area contributed by atoms with Crippen LogP contribution < -0.4 is 0 Å². The van der Waals surface area contributed by atoms with Crippen molar-refractivity contribution in [1.29, 1.82) is 0 Å². The van der Waals surface area contributed by atoms with E-state index in [1.807, 2.05) is 6.07 Å². The maximum atomic E-state index is 14.5. The van der Waals surface area contributed by atoms with Crippen molar-refractivity contribution in [3.8, 4) is 11.1 Å². The van der Waals surface area contributed by atoms with E-state index in [1.165, 1.54) is 6.07 Å². The second-order valence-electron chi connectivity index (χ2n) is 6.95. The normalized spacial score (nSPS) is 20.6. The van der Waals surface area contributed by atoms with Crippen LogP contribution in [-0.2, 0) is 0 Å². The molecule has 0 saturated heterocycles. The summed E-state index contributed by atoms with van der Waals surface area (Å²) in [4.78, 5) is 0. The van der Waals surface area contributed by atoms with Gasteiger partial charge in [0, 0.05) is 11.6 Å². The van der Waals surface area contributed by atoms with E-state index in [0.29, 0.717) is 18.3 Å². The van der Waals surface area contributed by atoms with Gasteiger partial charge in [0.05, 0.1) is 6.67 Å². The second kappa shape index (κ2) is 8.03. The van der Waals surface area contributed by atoms with E-state index in [-0.39, 0.29) is 17.8 Å². The Hall–Kier alpha value is -1.84. The number of alkyl halides is 1. The van der Waals surface area contributed by atoms with Gasteiger partial charge in [0.15, 0.2) is 0 Å². The molecule has 3 rings (SSSR count). The molecule has 0 radical (unpaired) electrons. The summed E-state index contributed by atoms with van der Waals surface area (Å²) in [6.07, 6.45) is 5.60. The van der Waals surface area contributed by atoms with Crippen LogP contribution in [0.5, 0.6) is 0 Å². The molecule has 0 spiro atoms. The Labute approximate surface area is 145 Å². The highest BCUT2D eigenvalue weighted by molar-refractivity contribution is 5.64. The molecule has 0 bridgehead atoms. The molecule has 2 aromatic carbocycles. The SMILES string of the molecule is FCCCC1CCC(c2ccc(-c3cc(F)cc(F)c3)c(F)c2)CC1. The second-order valence-corrected chi connectivity index (χ2v) is 6.95. The Morgan fingerprint density at radius 1 is 0.840 bits per heavy atom. The van der Waals surface area contributed by atoms with Crippen molar-refractivity contribution in [2.45, 2.75) is 44.4 Å². The quantitative estimate of drug-likeness (QED) is 0.521. The molecule has 1 aliphatic rings. The fourth-order valence-electron chi connectivity index (χ4n) is 3.88. The summed E-state index contributed by atoms with van der Waals surface area (Å²) < 4.78 is 53.5. The first kappa shape index (κ1) is 18.0. The lowest BCUT2D eigenvalue weighted by Gasteiger charge is -2.28. The van der Waals surface area contributed by atoms with Gasteiger partial charge in [-0.3, -0.25) is 4.39 Å². The van der Waals surface area contributed by atoms with Crippen molar-refractivity contribution in [1.82, 2.24) is 0 Å². The van der Waals surface area contributed by atoms with E-state index < -0.39 is 17.5 Å². The van der Waals surface area contributed by atoms with Crippen molar-refractivity contribution in [2.24, 2.45) is 5.92 Å². The Morgan fingerprint density at radius 3 is 2.12 bits per heavy atom. The molecular weight excluding hydrogens is 328 g/mol. The Balaban J connectivity index is 1.72. The van der Waals surface area contributed by atoms with Crippen molar-refractivity contribution in [3.63, 3.8) is 0 Å². The molecule has 1 aliphatic carbocycles. The average Bonchev–Trinajstić information content (AvgIpc) is 2.59. The topological polar surface area (TPSA) is 0 Å². The molecule has 0 nitrogen and oxygen atoms in total. The third-order valence-electron chi connectivity index (χ3n) is 5.23. The van der Waals surface area contributed by atoms with Crippen LogP contribution in [0, 0.1) is 23.4 Å². The van der Waals surface area contributed by atoms with E-state index in [1.54, 1.807) is 6.07 Å². The van der Waals surface area contributed by atoms with E-state index in [4.69, 9.17) is 0 Å². The minimum atomic E-state index is -0.718.